The van der Waals surface area contributed by atoms with Crippen LogP contribution in [0.15, 0.2) is 24.3 Å². The number of ether oxygens (including phenoxy) is 1. The normalized spacial score (nSPS) is 28.1. The van der Waals surface area contributed by atoms with Crippen LogP contribution in [-0.4, -0.2) is 18.6 Å². The van der Waals surface area contributed by atoms with Gasteiger partial charge in [-0.1, -0.05) is 37.1 Å². The number of rotatable bonds is 1. The smallest absolute Gasteiger partial charge is 0.330 e. The highest BCUT2D eigenvalue weighted by molar-refractivity contribution is 5.83. The third-order valence-electron chi connectivity index (χ3n) is 4.75. The Morgan fingerprint density at radius 3 is 2.63 bits per heavy atom. The second kappa shape index (κ2) is 4.34. The summed E-state index contributed by atoms with van der Waals surface area (Å²) in [6.07, 6.45) is 5.80. The van der Waals surface area contributed by atoms with E-state index in [9.17, 15) is 4.79 Å². The standard InChI is InChI=1S/C16H21NO2/c1-15(14(18)19-2)13-8-4-3-7-12(13)11-16(17-15)9-5-6-10-16/h3-4,7-8,17H,5-6,9-11H2,1-2H3. The summed E-state index contributed by atoms with van der Waals surface area (Å²) < 4.78 is 5.05. The summed E-state index contributed by atoms with van der Waals surface area (Å²) in [7, 11) is 1.47. The molecule has 3 heteroatoms. The Morgan fingerprint density at radius 1 is 1.26 bits per heavy atom. The fourth-order valence-electron chi connectivity index (χ4n) is 3.89. The molecule has 0 aromatic heterocycles. The molecule has 2 aliphatic rings. The van der Waals surface area contributed by atoms with Gasteiger partial charge in [-0.2, -0.15) is 0 Å². The van der Waals surface area contributed by atoms with Gasteiger partial charge in [0.2, 0.25) is 0 Å². The molecule has 102 valence electrons. The molecule has 1 atom stereocenters. The van der Waals surface area contributed by atoms with Crippen molar-refractivity contribution in [3.63, 3.8) is 0 Å². The SMILES string of the molecule is COC(=O)C1(C)NC2(CCCC2)Cc2ccccc21. The summed E-state index contributed by atoms with van der Waals surface area (Å²) in [5, 5.41) is 3.64. The van der Waals surface area contributed by atoms with Crippen molar-refractivity contribution < 1.29 is 9.53 Å². The first-order chi connectivity index (χ1) is 9.10. The average Bonchev–Trinajstić information content (AvgIpc) is 2.85. The van der Waals surface area contributed by atoms with E-state index >= 15 is 0 Å². The van der Waals surface area contributed by atoms with Crippen molar-refractivity contribution in [1.29, 1.82) is 0 Å². The van der Waals surface area contributed by atoms with Crippen LogP contribution in [-0.2, 0) is 21.5 Å². The van der Waals surface area contributed by atoms with Gasteiger partial charge in [0.1, 0.15) is 5.54 Å². The number of nitrogens with one attached hydrogen (secondary N) is 1. The maximum atomic E-state index is 12.3. The van der Waals surface area contributed by atoms with Gasteiger partial charge in [0.25, 0.3) is 0 Å². The van der Waals surface area contributed by atoms with E-state index in [1.54, 1.807) is 0 Å². The van der Waals surface area contributed by atoms with E-state index in [0.717, 1.165) is 24.8 Å². The molecule has 0 bridgehead atoms. The lowest BCUT2D eigenvalue weighted by molar-refractivity contribution is -0.150. The van der Waals surface area contributed by atoms with Gasteiger partial charge >= 0.3 is 5.97 Å². The second-order valence-corrected chi connectivity index (χ2v) is 6.06. The summed E-state index contributed by atoms with van der Waals surface area (Å²) in [6.45, 7) is 1.96. The molecule has 1 fully saturated rings. The molecular formula is C16H21NO2. The van der Waals surface area contributed by atoms with E-state index in [1.807, 2.05) is 19.1 Å². The molecular weight excluding hydrogens is 238 g/mol. The maximum absolute atomic E-state index is 12.3. The van der Waals surface area contributed by atoms with E-state index in [-0.39, 0.29) is 11.5 Å². The Morgan fingerprint density at radius 2 is 1.95 bits per heavy atom. The third kappa shape index (κ3) is 1.88. The fraction of sp³-hybridized carbons (Fsp3) is 0.562. The zero-order valence-corrected chi connectivity index (χ0v) is 11.7. The highest BCUT2D eigenvalue weighted by Crippen LogP contribution is 2.42. The Hall–Kier alpha value is -1.35. The van der Waals surface area contributed by atoms with Crippen molar-refractivity contribution in [3.05, 3.63) is 35.4 Å². The van der Waals surface area contributed by atoms with Crippen molar-refractivity contribution in [2.24, 2.45) is 0 Å². The Balaban J connectivity index is 2.10. The monoisotopic (exact) mass is 259 g/mol. The van der Waals surface area contributed by atoms with Crippen LogP contribution in [0.4, 0.5) is 0 Å². The first-order valence-corrected chi connectivity index (χ1v) is 7.06. The van der Waals surface area contributed by atoms with Gasteiger partial charge in [0.05, 0.1) is 7.11 Å². The molecule has 0 radical (unpaired) electrons. The number of hydrogen-bond acceptors (Lipinski definition) is 3. The molecule has 1 aromatic carbocycles. The summed E-state index contributed by atoms with van der Waals surface area (Å²) in [5.74, 6) is -0.189. The first kappa shape index (κ1) is 12.7. The molecule has 0 saturated heterocycles. The van der Waals surface area contributed by atoms with Crippen molar-refractivity contribution >= 4 is 5.97 Å². The lowest BCUT2D eigenvalue weighted by atomic mass is 9.74. The van der Waals surface area contributed by atoms with E-state index in [2.05, 4.69) is 17.4 Å². The van der Waals surface area contributed by atoms with Crippen molar-refractivity contribution in [1.82, 2.24) is 5.32 Å². The zero-order valence-electron chi connectivity index (χ0n) is 11.7. The van der Waals surface area contributed by atoms with Crippen LogP contribution in [0.25, 0.3) is 0 Å². The highest BCUT2D eigenvalue weighted by atomic mass is 16.5. The molecule has 19 heavy (non-hydrogen) atoms. The summed E-state index contributed by atoms with van der Waals surface area (Å²) in [4.78, 5) is 12.3. The van der Waals surface area contributed by atoms with Crippen LogP contribution >= 0.6 is 0 Å². The predicted octanol–water partition coefficient (Wildman–Crippen LogP) is 2.53. The van der Waals surface area contributed by atoms with Crippen LogP contribution < -0.4 is 5.32 Å². The van der Waals surface area contributed by atoms with E-state index in [4.69, 9.17) is 4.74 Å². The molecule has 1 saturated carbocycles. The fourth-order valence-corrected chi connectivity index (χ4v) is 3.89. The van der Waals surface area contributed by atoms with E-state index in [0.29, 0.717) is 0 Å². The summed E-state index contributed by atoms with van der Waals surface area (Å²) in [6, 6.07) is 8.25. The Labute approximate surface area is 114 Å². The maximum Gasteiger partial charge on any atom is 0.330 e. The number of methoxy groups -OCH3 is 1. The Kier molecular flexibility index (Phi) is 2.90. The van der Waals surface area contributed by atoms with Crippen molar-refractivity contribution in [3.8, 4) is 0 Å². The number of hydrogen-bond donors (Lipinski definition) is 1. The number of fused-ring (bicyclic) bond motifs is 1. The van der Waals surface area contributed by atoms with Crippen molar-refractivity contribution in [2.75, 3.05) is 7.11 Å². The minimum Gasteiger partial charge on any atom is -0.467 e. The summed E-state index contributed by atoms with van der Waals surface area (Å²) in [5.41, 5.74) is 1.72. The molecule has 1 spiro atoms. The van der Waals surface area contributed by atoms with Crippen LogP contribution in [0.3, 0.4) is 0 Å². The molecule has 0 amide bonds. The van der Waals surface area contributed by atoms with E-state index < -0.39 is 5.54 Å². The molecule has 1 aliphatic heterocycles. The van der Waals surface area contributed by atoms with Gasteiger partial charge in [0.15, 0.2) is 0 Å². The zero-order chi connectivity index (χ0) is 13.5. The van der Waals surface area contributed by atoms with Gasteiger partial charge in [-0.25, -0.2) is 4.79 Å². The van der Waals surface area contributed by atoms with Crippen LogP contribution in [0.2, 0.25) is 0 Å². The number of carbonyl (C=O) groups excluding carboxylic acids is 1. The molecule has 1 aliphatic carbocycles. The molecule has 1 unspecified atom stereocenters. The first-order valence-electron chi connectivity index (χ1n) is 7.06. The minimum atomic E-state index is -0.714. The summed E-state index contributed by atoms with van der Waals surface area (Å²) >= 11 is 0. The van der Waals surface area contributed by atoms with E-state index in [1.165, 1.54) is 25.5 Å². The van der Waals surface area contributed by atoms with Crippen LogP contribution in [0.5, 0.6) is 0 Å². The minimum absolute atomic E-state index is 0.0806. The largest absolute Gasteiger partial charge is 0.467 e. The lowest BCUT2D eigenvalue weighted by Gasteiger charge is -2.45. The van der Waals surface area contributed by atoms with Gasteiger partial charge in [-0.05, 0) is 37.3 Å². The number of carbonyl (C=O) groups is 1. The lowest BCUT2D eigenvalue weighted by Crippen LogP contribution is -2.62. The van der Waals surface area contributed by atoms with Gasteiger partial charge in [-0.3, -0.25) is 5.32 Å². The molecule has 1 N–H and O–H groups in total. The van der Waals surface area contributed by atoms with Gasteiger partial charge in [0, 0.05) is 5.54 Å². The third-order valence-corrected chi connectivity index (χ3v) is 4.75. The van der Waals surface area contributed by atoms with Crippen LogP contribution in [0, 0.1) is 0 Å². The predicted molar refractivity (Wildman–Crippen MR) is 73.8 cm³/mol. The average molecular weight is 259 g/mol. The molecule has 1 aromatic rings. The van der Waals surface area contributed by atoms with Gasteiger partial charge in [-0.15, -0.1) is 0 Å². The van der Waals surface area contributed by atoms with Crippen LogP contribution in [0.1, 0.15) is 43.7 Å². The molecule has 3 nitrogen and oxygen atoms in total. The molecule has 1 heterocycles. The molecule has 3 rings (SSSR count). The quantitative estimate of drug-likeness (QED) is 0.788. The highest BCUT2D eigenvalue weighted by Gasteiger charge is 2.49. The number of benzene rings is 1. The number of esters is 1. The Bertz CT molecular complexity index is 505. The van der Waals surface area contributed by atoms with Gasteiger partial charge < -0.3 is 4.74 Å². The van der Waals surface area contributed by atoms with Crippen molar-refractivity contribution in [2.45, 2.75) is 50.1 Å². The second-order valence-electron chi connectivity index (χ2n) is 6.06. The topological polar surface area (TPSA) is 38.3 Å².